The fourth-order valence-corrected chi connectivity index (χ4v) is 2.12. The summed E-state index contributed by atoms with van der Waals surface area (Å²) in [5.74, 6) is 1.47. The molecule has 1 aromatic heterocycles. The summed E-state index contributed by atoms with van der Waals surface area (Å²) in [5, 5.41) is 7.33. The average molecular weight is 253 g/mol. The first-order valence-electron chi connectivity index (χ1n) is 6.66. The maximum Gasteiger partial charge on any atom is 0.266 e. The van der Waals surface area contributed by atoms with Crippen LogP contribution in [0.2, 0.25) is 0 Å². The van der Waals surface area contributed by atoms with Crippen molar-refractivity contribution in [3.8, 4) is 0 Å². The first kappa shape index (κ1) is 13.3. The molecule has 6 nitrogen and oxygen atoms in total. The van der Waals surface area contributed by atoms with Crippen LogP contribution >= 0.6 is 0 Å². The third-order valence-corrected chi connectivity index (χ3v) is 3.57. The minimum absolute atomic E-state index is 0.408. The lowest BCUT2D eigenvalue weighted by molar-refractivity contribution is 0.308. The molecule has 0 saturated carbocycles. The van der Waals surface area contributed by atoms with Gasteiger partial charge in [0.1, 0.15) is 0 Å². The first-order valence-corrected chi connectivity index (χ1v) is 6.66. The molecule has 2 heterocycles. The molecule has 1 aromatic rings. The van der Waals surface area contributed by atoms with E-state index in [9.17, 15) is 0 Å². The maximum atomic E-state index is 5.32. The summed E-state index contributed by atoms with van der Waals surface area (Å²) in [6.45, 7) is 6.20. The molecule has 18 heavy (non-hydrogen) atoms. The van der Waals surface area contributed by atoms with E-state index < -0.39 is 0 Å². The normalized spacial score (nSPS) is 19.2. The van der Waals surface area contributed by atoms with E-state index >= 15 is 0 Å². The maximum absolute atomic E-state index is 5.32. The van der Waals surface area contributed by atoms with E-state index in [0.717, 1.165) is 50.9 Å². The minimum Gasteiger partial charge on any atom is -0.337 e. The van der Waals surface area contributed by atoms with Crippen LogP contribution < -0.4 is 10.2 Å². The van der Waals surface area contributed by atoms with Gasteiger partial charge in [-0.05, 0) is 25.7 Å². The number of anilines is 1. The van der Waals surface area contributed by atoms with Gasteiger partial charge in [-0.2, -0.15) is 4.98 Å². The van der Waals surface area contributed by atoms with Crippen molar-refractivity contribution in [2.75, 3.05) is 45.2 Å². The van der Waals surface area contributed by atoms with Gasteiger partial charge < -0.3 is 19.6 Å². The van der Waals surface area contributed by atoms with Gasteiger partial charge >= 0.3 is 0 Å². The van der Waals surface area contributed by atoms with Crippen molar-refractivity contribution in [1.82, 2.24) is 20.4 Å². The van der Waals surface area contributed by atoms with Crippen LogP contribution in [0.1, 0.15) is 19.2 Å². The molecule has 1 fully saturated rings. The topological polar surface area (TPSA) is 57.4 Å². The number of nitrogens with one attached hydrogen (secondary N) is 1. The molecular weight excluding hydrogens is 230 g/mol. The van der Waals surface area contributed by atoms with Crippen LogP contribution in [0.15, 0.2) is 4.52 Å². The lowest BCUT2D eigenvalue weighted by atomic mass is 10.1. The van der Waals surface area contributed by atoms with E-state index in [4.69, 9.17) is 4.52 Å². The molecule has 1 unspecified atom stereocenters. The molecule has 1 saturated heterocycles. The highest BCUT2D eigenvalue weighted by atomic mass is 16.5. The molecular formula is C12H23N5O. The number of piperazine rings is 1. The molecule has 6 heteroatoms. The van der Waals surface area contributed by atoms with Gasteiger partial charge in [0, 0.05) is 38.6 Å². The fourth-order valence-electron chi connectivity index (χ4n) is 2.12. The van der Waals surface area contributed by atoms with Gasteiger partial charge in [0.15, 0.2) is 0 Å². The summed E-state index contributed by atoms with van der Waals surface area (Å²) in [5.41, 5.74) is 0. The monoisotopic (exact) mass is 253 g/mol. The number of likely N-dealkylation sites (N-methyl/N-ethyl adjacent to an activating group) is 2. The summed E-state index contributed by atoms with van der Waals surface area (Å²) in [6, 6.07) is 0.408. The highest BCUT2D eigenvalue weighted by Gasteiger charge is 2.19. The first-order chi connectivity index (χ1) is 8.72. The van der Waals surface area contributed by atoms with Crippen molar-refractivity contribution < 1.29 is 4.52 Å². The zero-order valence-corrected chi connectivity index (χ0v) is 11.5. The highest BCUT2D eigenvalue weighted by Crippen LogP contribution is 2.13. The average Bonchev–Trinajstić information content (AvgIpc) is 2.85. The summed E-state index contributed by atoms with van der Waals surface area (Å²) < 4.78 is 5.32. The Bertz CT molecular complexity index is 355. The van der Waals surface area contributed by atoms with Crippen LogP contribution in [0.4, 0.5) is 5.95 Å². The van der Waals surface area contributed by atoms with Crippen molar-refractivity contribution in [2.45, 2.75) is 25.8 Å². The SMILES string of the molecule is CCC(Cc1nc(N2CCN(C)CC2)no1)NC. The quantitative estimate of drug-likeness (QED) is 0.818. The number of nitrogens with zero attached hydrogens (tertiary/aromatic N) is 4. The Balaban J connectivity index is 1.93. The molecule has 1 atom stereocenters. The van der Waals surface area contributed by atoms with Crippen LogP contribution in [0.25, 0.3) is 0 Å². The zero-order valence-electron chi connectivity index (χ0n) is 11.5. The van der Waals surface area contributed by atoms with Crippen LogP contribution in [0.3, 0.4) is 0 Å². The van der Waals surface area contributed by atoms with Gasteiger partial charge in [-0.3, -0.25) is 0 Å². The summed E-state index contributed by atoms with van der Waals surface area (Å²) in [7, 11) is 4.10. The van der Waals surface area contributed by atoms with Gasteiger partial charge in [0.25, 0.3) is 5.95 Å². The second-order valence-electron chi connectivity index (χ2n) is 4.88. The standard InChI is InChI=1S/C12H23N5O/c1-4-10(13-2)9-11-14-12(15-18-11)17-7-5-16(3)6-8-17/h10,13H,4-9H2,1-3H3. The molecule has 2 rings (SSSR count). The Morgan fingerprint density at radius 2 is 2.06 bits per heavy atom. The highest BCUT2D eigenvalue weighted by molar-refractivity contribution is 5.28. The van der Waals surface area contributed by atoms with Gasteiger partial charge in [0.05, 0.1) is 0 Å². The summed E-state index contributed by atoms with van der Waals surface area (Å²) in [4.78, 5) is 8.98. The molecule has 0 radical (unpaired) electrons. The predicted octanol–water partition coefficient (Wildman–Crippen LogP) is 0.362. The smallest absolute Gasteiger partial charge is 0.266 e. The lowest BCUT2D eigenvalue weighted by Crippen LogP contribution is -2.44. The van der Waals surface area contributed by atoms with Gasteiger partial charge in [-0.1, -0.05) is 6.92 Å². The van der Waals surface area contributed by atoms with Gasteiger partial charge in [0.2, 0.25) is 5.89 Å². The second-order valence-corrected chi connectivity index (χ2v) is 4.88. The number of hydrogen-bond donors (Lipinski definition) is 1. The van der Waals surface area contributed by atoms with Crippen molar-refractivity contribution in [3.05, 3.63) is 5.89 Å². The second kappa shape index (κ2) is 6.15. The van der Waals surface area contributed by atoms with Gasteiger partial charge in [-0.15, -0.1) is 0 Å². The van der Waals surface area contributed by atoms with E-state index in [1.54, 1.807) is 0 Å². The van der Waals surface area contributed by atoms with E-state index in [2.05, 4.69) is 39.2 Å². The minimum atomic E-state index is 0.408. The van der Waals surface area contributed by atoms with Crippen molar-refractivity contribution in [1.29, 1.82) is 0 Å². The largest absolute Gasteiger partial charge is 0.337 e. The van der Waals surface area contributed by atoms with E-state index in [0.29, 0.717) is 6.04 Å². The molecule has 0 aromatic carbocycles. The molecule has 102 valence electrons. The Morgan fingerprint density at radius 1 is 1.33 bits per heavy atom. The van der Waals surface area contributed by atoms with E-state index in [1.165, 1.54) is 0 Å². The Hall–Kier alpha value is -1.14. The molecule has 0 spiro atoms. The van der Waals surface area contributed by atoms with Crippen LogP contribution in [-0.4, -0.2) is 61.4 Å². The third kappa shape index (κ3) is 3.20. The molecule has 0 bridgehead atoms. The summed E-state index contributed by atoms with van der Waals surface area (Å²) >= 11 is 0. The van der Waals surface area contributed by atoms with Crippen LogP contribution in [0, 0.1) is 0 Å². The Labute approximate surface area is 108 Å². The van der Waals surface area contributed by atoms with E-state index in [1.807, 2.05) is 7.05 Å². The molecule has 0 aliphatic carbocycles. The molecule has 0 amide bonds. The summed E-state index contributed by atoms with van der Waals surface area (Å²) in [6.07, 6.45) is 1.86. The van der Waals surface area contributed by atoms with Crippen molar-refractivity contribution in [2.24, 2.45) is 0 Å². The van der Waals surface area contributed by atoms with Gasteiger partial charge in [-0.25, -0.2) is 0 Å². The van der Waals surface area contributed by atoms with Crippen LogP contribution in [0.5, 0.6) is 0 Å². The zero-order chi connectivity index (χ0) is 13.0. The molecule has 1 aliphatic rings. The third-order valence-electron chi connectivity index (χ3n) is 3.57. The Kier molecular flexibility index (Phi) is 4.54. The van der Waals surface area contributed by atoms with Crippen LogP contribution in [-0.2, 0) is 6.42 Å². The van der Waals surface area contributed by atoms with E-state index in [-0.39, 0.29) is 0 Å². The predicted molar refractivity (Wildman–Crippen MR) is 70.9 cm³/mol. The fraction of sp³-hybridized carbons (Fsp3) is 0.833. The molecule has 1 N–H and O–H groups in total. The number of rotatable bonds is 5. The number of hydrogen-bond acceptors (Lipinski definition) is 6. The van der Waals surface area contributed by atoms with Crippen molar-refractivity contribution in [3.63, 3.8) is 0 Å². The molecule has 1 aliphatic heterocycles. The lowest BCUT2D eigenvalue weighted by Gasteiger charge is -2.31. The number of aromatic nitrogens is 2. The van der Waals surface area contributed by atoms with Crippen molar-refractivity contribution >= 4 is 5.95 Å². The Morgan fingerprint density at radius 3 is 2.67 bits per heavy atom.